The number of nitrogens with one attached hydrogen (secondary N) is 2. The van der Waals surface area contributed by atoms with Gasteiger partial charge in [0.2, 0.25) is 21.8 Å². The Morgan fingerprint density at radius 2 is 1.66 bits per heavy atom. The largest absolute Gasteiger partial charge is 0.416 e. The molecule has 1 fully saturated rings. The molecule has 7 nitrogen and oxygen atoms in total. The Kier molecular flexibility index (Phi) is 8.16. The number of carbonyl (C=O) groups is 2. The van der Waals surface area contributed by atoms with Gasteiger partial charge in [-0.3, -0.25) is 9.59 Å². The highest BCUT2D eigenvalue weighted by molar-refractivity contribution is 7.89. The molecule has 1 saturated heterocycles. The van der Waals surface area contributed by atoms with Gasteiger partial charge < -0.3 is 10.6 Å². The van der Waals surface area contributed by atoms with Crippen LogP contribution in [0.5, 0.6) is 0 Å². The van der Waals surface area contributed by atoms with Gasteiger partial charge in [0.15, 0.2) is 0 Å². The topological polar surface area (TPSA) is 95.6 Å². The maximum atomic E-state index is 14.0. The van der Waals surface area contributed by atoms with Crippen molar-refractivity contribution < 1.29 is 35.6 Å². The quantitative estimate of drug-likeness (QED) is 0.555. The van der Waals surface area contributed by atoms with E-state index in [1.54, 1.807) is 6.07 Å². The second-order valence-electron chi connectivity index (χ2n) is 8.26. The average Bonchev–Trinajstić information content (AvgIpc) is 2.79. The predicted octanol–water partition coefficient (Wildman–Crippen LogP) is 2.86. The molecule has 0 saturated carbocycles. The predicted molar refractivity (Wildman–Crippen MR) is 119 cm³/mol. The van der Waals surface area contributed by atoms with Gasteiger partial charge in [-0.25, -0.2) is 12.8 Å². The molecule has 0 aliphatic carbocycles. The van der Waals surface area contributed by atoms with Crippen LogP contribution in [0.25, 0.3) is 0 Å². The number of alkyl halides is 3. The summed E-state index contributed by atoms with van der Waals surface area (Å²) in [4.78, 5) is 24.1. The fourth-order valence-corrected chi connectivity index (χ4v) is 5.32. The maximum Gasteiger partial charge on any atom is 0.416 e. The van der Waals surface area contributed by atoms with Gasteiger partial charge in [0.1, 0.15) is 11.9 Å². The van der Waals surface area contributed by atoms with E-state index in [2.05, 4.69) is 10.6 Å². The molecule has 190 valence electrons. The summed E-state index contributed by atoms with van der Waals surface area (Å²) in [6, 6.07) is 7.78. The third kappa shape index (κ3) is 6.79. The lowest BCUT2D eigenvalue weighted by Crippen LogP contribution is -2.53. The SMILES string of the molecule is CC(=O)N[C@H](Cc1ccccc1F)C(=O)NC1CCN(S(=O)(=O)c2ccc(C(F)(F)F)cc2)CC1. The van der Waals surface area contributed by atoms with Crippen molar-refractivity contribution in [2.75, 3.05) is 13.1 Å². The van der Waals surface area contributed by atoms with Crippen molar-refractivity contribution in [3.63, 3.8) is 0 Å². The standard InChI is InChI=1S/C23H25F4N3O4S/c1-15(31)28-21(14-16-4-2-3-5-20(16)24)22(32)29-18-10-12-30(13-11-18)35(33,34)19-8-6-17(7-9-19)23(25,26)27/h2-9,18,21H,10-14H2,1H3,(H,28,31)(H,29,32)/t21-/m1/s1. The van der Waals surface area contributed by atoms with Gasteiger partial charge in [-0.2, -0.15) is 17.5 Å². The molecule has 2 amide bonds. The van der Waals surface area contributed by atoms with E-state index in [-0.39, 0.29) is 42.8 Å². The molecule has 1 heterocycles. The van der Waals surface area contributed by atoms with E-state index in [0.717, 1.165) is 28.6 Å². The lowest BCUT2D eigenvalue weighted by atomic mass is 10.0. The summed E-state index contributed by atoms with van der Waals surface area (Å²) in [7, 11) is -4.00. The van der Waals surface area contributed by atoms with E-state index < -0.39 is 51.5 Å². The van der Waals surface area contributed by atoms with Crippen LogP contribution < -0.4 is 10.6 Å². The highest BCUT2D eigenvalue weighted by Gasteiger charge is 2.33. The van der Waals surface area contributed by atoms with Crippen LogP contribution in [0.15, 0.2) is 53.4 Å². The number of hydrogen-bond acceptors (Lipinski definition) is 4. The number of benzene rings is 2. The van der Waals surface area contributed by atoms with Crippen LogP contribution in [-0.4, -0.2) is 49.7 Å². The van der Waals surface area contributed by atoms with Crippen LogP contribution in [0, 0.1) is 5.82 Å². The average molecular weight is 516 g/mol. The molecule has 0 spiro atoms. The fraction of sp³-hybridized carbons (Fsp3) is 0.391. The smallest absolute Gasteiger partial charge is 0.351 e. The van der Waals surface area contributed by atoms with Gasteiger partial charge >= 0.3 is 6.18 Å². The van der Waals surface area contributed by atoms with Crippen LogP contribution in [0.3, 0.4) is 0 Å². The van der Waals surface area contributed by atoms with Crippen molar-refractivity contribution in [1.82, 2.24) is 14.9 Å². The molecular weight excluding hydrogens is 490 g/mol. The summed E-state index contributed by atoms with van der Waals surface area (Å²) < 4.78 is 79.1. The van der Waals surface area contributed by atoms with Gasteiger partial charge in [-0.15, -0.1) is 0 Å². The van der Waals surface area contributed by atoms with Crippen LogP contribution in [0.2, 0.25) is 0 Å². The summed E-state index contributed by atoms with van der Waals surface area (Å²) in [5.74, 6) is -1.48. The molecule has 35 heavy (non-hydrogen) atoms. The molecule has 1 aliphatic rings. The number of rotatable bonds is 7. The molecule has 0 aromatic heterocycles. The first-order chi connectivity index (χ1) is 16.4. The first kappa shape index (κ1) is 26.6. The molecule has 2 aromatic carbocycles. The second kappa shape index (κ2) is 10.7. The summed E-state index contributed by atoms with van der Waals surface area (Å²) in [6.07, 6.45) is -4.10. The van der Waals surface area contributed by atoms with Gasteiger partial charge in [-0.1, -0.05) is 18.2 Å². The van der Waals surface area contributed by atoms with E-state index in [1.165, 1.54) is 25.1 Å². The van der Waals surface area contributed by atoms with Crippen molar-refractivity contribution in [1.29, 1.82) is 0 Å². The van der Waals surface area contributed by atoms with E-state index in [1.807, 2.05) is 0 Å². The lowest BCUT2D eigenvalue weighted by molar-refractivity contribution is -0.137. The Balaban J connectivity index is 1.61. The second-order valence-corrected chi connectivity index (χ2v) is 10.2. The number of piperidine rings is 1. The van der Waals surface area contributed by atoms with Crippen LogP contribution >= 0.6 is 0 Å². The lowest BCUT2D eigenvalue weighted by Gasteiger charge is -2.32. The van der Waals surface area contributed by atoms with E-state index >= 15 is 0 Å². The Labute approximate surface area is 200 Å². The molecule has 0 unspecified atom stereocenters. The molecule has 0 bridgehead atoms. The van der Waals surface area contributed by atoms with Crippen molar-refractivity contribution in [2.45, 2.75) is 49.3 Å². The van der Waals surface area contributed by atoms with Gasteiger partial charge in [0, 0.05) is 32.5 Å². The minimum absolute atomic E-state index is 0.0480. The highest BCUT2D eigenvalue weighted by atomic mass is 32.2. The van der Waals surface area contributed by atoms with E-state index in [0.29, 0.717) is 0 Å². The van der Waals surface area contributed by atoms with Crippen molar-refractivity contribution in [3.8, 4) is 0 Å². The zero-order valence-electron chi connectivity index (χ0n) is 18.8. The summed E-state index contributed by atoms with van der Waals surface area (Å²) in [5.41, 5.74) is -0.680. The maximum absolute atomic E-state index is 14.0. The number of halogens is 4. The van der Waals surface area contributed by atoms with Gasteiger partial charge in [0.25, 0.3) is 0 Å². The van der Waals surface area contributed by atoms with Crippen molar-refractivity contribution in [3.05, 3.63) is 65.5 Å². The van der Waals surface area contributed by atoms with Gasteiger partial charge in [0.05, 0.1) is 10.5 Å². The van der Waals surface area contributed by atoms with Gasteiger partial charge in [-0.05, 0) is 48.7 Å². The van der Waals surface area contributed by atoms with Crippen LogP contribution in [0.4, 0.5) is 17.6 Å². The van der Waals surface area contributed by atoms with E-state index in [9.17, 15) is 35.6 Å². The third-order valence-electron chi connectivity index (χ3n) is 5.70. The molecule has 1 atom stereocenters. The molecule has 2 N–H and O–H groups in total. The van der Waals surface area contributed by atoms with Crippen LogP contribution in [-0.2, 0) is 32.2 Å². The number of sulfonamides is 1. The minimum Gasteiger partial charge on any atom is -0.351 e. The first-order valence-corrected chi connectivity index (χ1v) is 12.3. The molecule has 3 rings (SSSR count). The molecule has 1 aliphatic heterocycles. The Morgan fingerprint density at radius 3 is 2.20 bits per heavy atom. The third-order valence-corrected chi connectivity index (χ3v) is 7.61. The Bertz CT molecular complexity index is 1160. The molecule has 12 heteroatoms. The summed E-state index contributed by atoms with van der Waals surface area (Å²) in [6.45, 7) is 1.34. The monoisotopic (exact) mass is 515 g/mol. The van der Waals surface area contributed by atoms with Crippen molar-refractivity contribution >= 4 is 21.8 Å². The molecular formula is C23H25F4N3O4S. The molecule has 0 radical (unpaired) electrons. The van der Waals surface area contributed by atoms with Crippen LogP contribution in [0.1, 0.15) is 30.9 Å². The number of carbonyl (C=O) groups excluding carboxylic acids is 2. The summed E-state index contributed by atoms with van der Waals surface area (Å²) >= 11 is 0. The number of nitrogens with zero attached hydrogens (tertiary/aromatic N) is 1. The normalized spacial score (nSPS) is 16.5. The van der Waals surface area contributed by atoms with E-state index in [4.69, 9.17) is 0 Å². The number of hydrogen-bond donors (Lipinski definition) is 2. The van der Waals surface area contributed by atoms with Crippen molar-refractivity contribution in [2.24, 2.45) is 0 Å². The highest BCUT2D eigenvalue weighted by Crippen LogP contribution is 2.30. The Morgan fingerprint density at radius 1 is 1.06 bits per heavy atom. The zero-order valence-corrected chi connectivity index (χ0v) is 19.6. The number of amides is 2. The minimum atomic E-state index is -4.57. The zero-order chi connectivity index (χ0) is 25.8. The molecule has 2 aromatic rings. The Hall–Kier alpha value is -2.99. The first-order valence-electron chi connectivity index (χ1n) is 10.9. The summed E-state index contributed by atoms with van der Waals surface area (Å²) in [5, 5.41) is 5.29. The fourth-order valence-electron chi connectivity index (χ4n) is 3.85.